The van der Waals surface area contributed by atoms with E-state index in [1.54, 1.807) is 37.3 Å². The average Bonchev–Trinajstić information content (AvgIpc) is 3.00. The van der Waals surface area contributed by atoms with E-state index in [2.05, 4.69) is 0 Å². The van der Waals surface area contributed by atoms with Crippen LogP contribution in [0.5, 0.6) is 5.75 Å². The monoisotopic (exact) mass is 420 g/mol. The summed E-state index contributed by atoms with van der Waals surface area (Å²) in [6, 6.07) is 10.7. The molecule has 0 spiro atoms. The molecule has 0 atom stereocenters. The fourth-order valence-corrected chi connectivity index (χ4v) is 3.36. The van der Waals surface area contributed by atoms with E-state index in [1.807, 2.05) is 26.8 Å². The lowest BCUT2D eigenvalue weighted by Crippen LogP contribution is -2.16. The second-order valence-electron chi connectivity index (χ2n) is 7.46. The number of esters is 1. The number of rotatable bonds is 5. The summed E-state index contributed by atoms with van der Waals surface area (Å²) in [6.45, 7) is 8.33. The molecule has 0 saturated carbocycles. The van der Waals surface area contributed by atoms with E-state index < -0.39 is 5.97 Å². The van der Waals surface area contributed by atoms with Crippen LogP contribution in [-0.4, -0.2) is 12.6 Å². The third-order valence-electron chi connectivity index (χ3n) is 4.23. The Hall–Kier alpha value is -2.17. The van der Waals surface area contributed by atoms with Gasteiger partial charge in [-0.3, -0.25) is 0 Å². The zero-order valence-corrected chi connectivity index (χ0v) is 17.8. The van der Waals surface area contributed by atoms with E-state index in [9.17, 15) is 4.79 Å². The molecule has 3 aromatic rings. The Morgan fingerprint density at radius 2 is 1.86 bits per heavy atom. The molecule has 6 heteroatoms. The Morgan fingerprint density at radius 1 is 1.11 bits per heavy atom. The lowest BCUT2D eigenvalue weighted by atomic mass is 9.89. The van der Waals surface area contributed by atoms with Crippen molar-refractivity contribution in [1.29, 1.82) is 0 Å². The molecule has 0 unspecified atom stereocenters. The van der Waals surface area contributed by atoms with Crippen LogP contribution in [0.3, 0.4) is 0 Å². The molecular formula is C22H22Cl2O4. The van der Waals surface area contributed by atoms with E-state index in [0.717, 1.165) is 5.56 Å². The van der Waals surface area contributed by atoms with Crippen molar-refractivity contribution < 1.29 is 18.7 Å². The minimum atomic E-state index is -0.399. The molecule has 0 fully saturated rings. The first kappa shape index (κ1) is 20.6. The van der Waals surface area contributed by atoms with Gasteiger partial charge < -0.3 is 13.9 Å². The predicted octanol–water partition coefficient (Wildman–Crippen LogP) is 6.79. The second-order valence-corrected chi connectivity index (χ2v) is 8.30. The van der Waals surface area contributed by atoms with Crippen LogP contribution in [0.2, 0.25) is 10.0 Å². The molecular weight excluding hydrogens is 399 g/mol. The quantitative estimate of drug-likeness (QED) is 0.426. The Labute approximate surface area is 174 Å². The zero-order chi connectivity index (χ0) is 20.5. The van der Waals surface area contributed by atoms with E-state index >= 15 is 0 Å². The topological polar surface area (TPSA) is 48.7 Å². The summed E-state index contributed by atoms with van der Waals surface area (Å²) >= 11 is 12.1. The molecule has 1 heterocycles. The van der Waals surface area contributed by atoms with Crippen LogP contribution in [0.1, 0.15) is 49.4 Å². The first-order valence-corrected chi connectivity index (χ1v) is 9.77. The van der Waals surface area contributed by atoms with Crippen molar-refractivity contribution in [1.82, 2.24) is 0 Å². The van der Waals surface area contributed by atoms with E-state index in [4.69, 9.17) is 37.1 Å². The van der Waals surface area contributed by atoms with Crippen LogP contribution in [-0.2, 0) is 16.8 Å². The largest absolute Gasteiger partial charge is 0.489 e. The maximum atomic E-state index is 12.6. The smallest absolute Gasteiger partial charge is 0.342 e. The Balaban J connectivity index is 1.97. The molecule has 0 aliphatic heterocycles. The first-order valence-electron chi connectivity index (χ1n) is 9.01. The van der Waals surface area contributed by atoms with Crippen molar-refractivity contribution in [3.8, 4) is 5.75 Å². The van der Waals surface area contributed by atoms with Gasteiger partial charge in [0, 0.05) is 26.4 Å². The van der Waals surface area contributed by atoms with Gasteiger partial charge in [0.05, 0.1) is 6.61 Å². The highest BCUT2D eigenvalue weighted by atomic mass is 35.5. The minimum absolute atomic E-state index is 0.278. The normalized spacial score (nSPS) is 11.6. The molecule has 0 aliphatic rings. The highest BCUT2D eigenvalue weighted by Gasteiger charge is 2.30. The number of furan rings is 1. The van der Waals surface area contributed by atoms with Crippen molar-refractivity contribution in [3.05, 3.63) is 63.3 Å². The summed E-state index contributed by atoms with van der Waals surface area (Å²) < 4.78 is 17.1. The maximum Gasteiger partial charge on any atom is 0.342 e. The van der Waals surface area contributed by atoms with Crippen LogP contribution in [0.25, 0.3) is 11.0 Å². The van der Waals surface area contributed by atoms with E-state index in [1.165, 1.54) is 0 Å². The van der Waals surface area contributed by atoms with Crippen molar-refractivity contribution in [2.45, 2.75) is 39.7 Å². The molecule has 148 valence electrons. The van der Waals surface area contributed by atoms with Gasteiger partial charge in [0.15, 0.2) is 0 Å². The summed E-state index contributed by atoms with van der Waals surface area (Å²) in [6.07, 6.45) is 0. The van der Waals surface area contributed by atoms with Gasteiger partial charge in [-0.15, -0.1) is 0 Å². The number of benzene rings is 2. The molecule has 0 radical (unpaired) electrons. The molecule has 0 N–H and O–H groups in total. The van der Waals surface area contributed by atoms with Crippen LogP contribution < -0.4 is 4.74 Å². The van der Waals surface area contributed by atoms with Gasteiger partial charge in [0.25, 0.3) is 0 Å². The van der Waals surface area contributed by atoms with Gasteiger partial charge in [-0.1, -0.05) is 50.0 Å². The SMILES string of the molecule is CCOC(=O)c1c(C(C)(C)C)oc2ccc(OCc3ccc(Cl)cc3Cl)cc12. The average molecular weight is 421 g/mol. The van der Waals surface area contributed by atoms with E-state index in [0.29, 0.717) is 44.7 Å². The second kappa shape index (κ2) is 8.06. The molecule has 0 bridgehead atoms. The summed E-state index contributed by atoms with van der Waals surface area (Å²) in [4.78, 5) is 12.6. The summed E-state index contributed by atoms with van der Waals surface area (Å²) in [5.74, 6) is 0.799. The Morgan fingerprint density at radius 3 is 2.50 bits per heavy atom. The molecule has 3 rings (SSSR count). The van der Waals surface area contributed by atoms with Crippen molar-refractivity contribution in [2.75, 3.05) is 6.61 Å². The van der Waals surface area contributed by atoms with Crippen LogP contribution in [0, 0.1) is 0 Å². The van der Waals surface area contributed by atoms with Gasteiger partial charge in [-0.05, 0) is 37.3 Å². The fourth-order valence-electron chi connectivity index (χ4n) is 2.90. The van der Waals surface area contributed by atoms with Gasteiger partial charge in [0.1, 0.15) is 29.3 Å². The van der Waals surface area contributed by atoms with Crippen molar-refractivity contribution in [3.63, 3.8) is 0 Å². The third kappa shape index (κ3) is 4.29. The molecule has 0 aliphatic carbocycles. The number of carbonyl (C=O) groups excluding carboxylic acids is 1. The molecule has 4 nitrogen and oxygen atoms in total. The summed E-state index contributed by atoms with van der Waals surface area (Å²) in [5.41, 5.74) is 1.53. The number of hydrogen-bond donors (Lipinski definition) is 0. The summed E-state index contributed by atoms with van der Waals surface area (Å²) in [5, 5.41) is 1.78. The fraction of sp³-hybridized carbons (Fsp3) is 0.318. The minimum Gasteiger partial charge on any atom is -0.489 e. The van der Waals surface area contributed by atoms with Gasteiger partial charge in [-0.25, -0.2) is 4.79 Å². The standard InChI is InChI=1S/C22H22Cl2O4/c1-5-26-21(25)19-16-11-15(8-9-18(16)28-20(19)22(2,3)4)27-12-13-6-7-14(23)10-17(13)24/h6-11H,5,12H2,1-4H3. The first-order chi connectivity index (χ1) is 13.2. The number of hydrogen-bond acceptors (Lipinski definition) is 4. The number of ether oxygens (including phenoxy) is 2. The lowest BCUT2D eigenvalue weighted by molar-refractivity contribution is 0.0523. The van der Waals surface area contributed by atoms with Crippen molar-refractivity contribution in [2.24, 2.45) is 0 Å². The highest BCUT2D eigenvalue weighted by Crippen LogP contribution is 2.36. The lowest BCUT2D eigenvalue weighted by Gasteiger charge is -2.16. The van der Waals surface area contributed by atoms with E-state index in [-0.39, 0.29) is 12.0 Å². The molecule has 0 amide bonds. The van der Waals surface area contributed by atoms with Gasteiger partial charge >= 0.3 is 5.97 Å². The number of halogens is 2. The van der Waals surface area contributed by atoms with Crippen LogP contribution >= 0.6 is 23.2 Å². The summed E-state index contributed by atoms with van der Waals surface area (Å²) in [7, 11) is 0. The molecule has 2 aromatic carbocycles. The maximum absolute atomic E-state index is 12.6. The van der Waals surface area contributed by atoms with Crippen molar-refractivity contribution >= 4 is 40.1 Å². The molecule has 0 saturated heterocycles. The molecule has 28 heavy (non-hydrogen) atoms. The number of carbonyl (C=O) groups is 1. The van der Waals surface area contributed by atoms with Gasteiger partial charge in [0.2, 0.25) is 0 Å². The zero-order valence-electron chi connectivity index (χ0n) is 16.3. The van der Waals surface area contributed by atoms with Crippen LogP contribution in [0.15, 0.2) is 40.8 Å². The Kier molecular flexibility index (Phi) is 5.92. The van der Waals surface area contributed by atoms with Crippen LogP contribution in [0.4, 0.5) is 0 Å². The highest BCUT2D eigenvalue weighted by molar-refractivity contribution is 6.35. The third-order valence-corrected chi connectivity index (χ3v) is 4.82. The number of fused-ring (bicyclic) bond motifs is 1. The Bertz CT molecular complexity index is 1020. The molecule has 1 aromatic heterocycles. The predicted molar refractivity (Wildman–Crippen MR) is 112 cm³/mol. The van der Waals surface area contributed by atoms with Gasteiger partial charge in [-0.2, -0.15) is 0 Å².